The Labute approximate surface area is 92.4 Å². The number of hydrogen-bond donors (Lipinski definition) is 1. The van der Waals surface area contributed by atoms with E-state index < -0.39 is 0 Å². The van der Waals surface area contributed by atoms with Gasteiger partial charge in [0, 0.05) is 0 Å². The van der Waals surface area contributed by atoms with Gasteiger partial charge in [0.25, 0.3) is 11.4 Å². The van der Waals surface area contributed by atoms with Gasteiger partial charge in [0.2, 0.25) is 0 Å². The monoisotopic (exact) mass is 223 g/mol. The molecule has 0 aliphatic heterocycles. The van der Waals surface area contributed by atoms with Gasteiger partial charge in [0.05, 0.1) is 14.1 Å². The van der Waals surface area contributed by atoms with Crippen molar-refractivity contribution in [2.45, 2.75) is 0 Å². The average molecular weight is 223 g/mol. The van der Waals surface area contributed by atoms with E-state index in [0.717, 1.165) is 0 Å². The second-order valence-corrected chi connectivity index (χ2v) is 3.83. The molecule has 1 heterocycles. The number of thiol groups is 1. The van der Waals surface area contributed by atoms with Crippen molar-refractivity contribution < 1.29 is 4.57 Å². The largest absolute Gasteiger partial charge is 0.308 e. The lowest BCUT2D eigenvalue weighted by Gasteiger charge is -1.92. The average Bonchev–Trinajstić information content (AvgIpc) is 2.36. The molecule has 0 atom stereocenters. The first-order chi connectivity index (χ1) is 6.54. The highest BCUT2D eigenvalue weighted by atomic mass is 32.1. The molecule has 0 radical (unpaired) electrons. The Balaban J connectivity index is 3.68. The maximum Gasteiger partial charge on any atom is 0.308 e. The van der Waals surface area contributed by atoms with Crippen LogP contribution in [0, 0.1) is 22.7 Å². The molecule has 6 heteroatoms. The molecule has 0 saturated heterocycles. The molecule has 0 bridgehead atoms. The minimum Gasteiger partial charge on any atom is -0.215 e. The van der Waals surface area contributed by atoms with E-state index in [4.69, 9.17) is 22.7 Å². The van der Waals surface area contributed by atoms with Gasteiger partial charge in [-0.1, -0.05) is 12.2 Å². The summed E-state index contributed by atoms with van der Waals surface area (Å²) in [5, 5.41) is 17.7. The van der Waals surface area contributed by atoms with Crippen LogP contribution in [0.5, 0.6) is 0 Å². The number of rotatable bonds is 1. The van der Waals surface area contributed by atoms with E-state index in [1.807, 2.05) is 12.1 Å². The summed E-state index contributed by atoms with van der Waals surface area (Å²) >= 11 is 8.95. The Hall–Kier alpha value is -1.37. The van der Waals surface area contributed by atoms with Crippen LogP contribution in [-0.4, -0.2) is 8.76 Å². The highest BCUT2D eigenvalue weighted by Gasteiger charge is 2.27. The Morgan fingerprint density at radius 2 is 2.07 bits per heavy atom. The van der Waals surface area contributed by atoms with Crippen molar-refractivity contribution in [3.8, 4) is 12.1 Å². The van der Waals surface area contributed by atoms with Gasteiger partial charge >= 0.3 is 5.82 Å². The summed E-state index contributed by atoms with van der Waals surface area (Å²) in [5.74, 6) is 0.580. The molecule has 0 aromatic carbocycles. The summed E-state index contributed by atoms with van der Waals surface area (Å²) in [6.07, 6.45) is 0. The van der Waals surface area contributed by atoms with Gasteiger partial charge in [0.1, 0.15) is 12.1 Å². The topological polar surface area (TPSA) is 56.4 Å². The van der Waals surface area contributed by atoms with Gasteiger partial charge in [0.15, 0.2) is 4.20 Å². The van der Waals surface area contributed by atoms with Gasteiger partial charge in [-0.3, -0.25) is 0 Å². The summed E-state index contributed by atoms with van der Waals surface area (Å²) < 4.78 is 3.48. The summed E-state index contributed by atoms with van der Waals surface area (Å²) in [5.41, 5.74) is 0.586. The zero-order chi connectivity index (χ0) is 10.9. The molecule has 0 aliphatic carbocycles. The van der Waals surface area contributed by atoms with Crippen LogP contribution < -0.4 is 4.57 Å². The maximum atomic E-state index is 8.85. The predicted molar refractivity (Wildman–Crippen MR) is 56.7 cm³/mol. The van der Waals surface area contributed by atoms with Crippen molar-refractivity contribution in [1.29, 1.82) is 10.5 Å². The van der Waals surface area contributed by atoms with Crippen LogP contribution >= 0.6 is 24.8 Å². The smallest absolute Gasteiger partial charge is 0.215 e. The Morgan fingerprint density at radius 1 is 1.50 bits per heavy atom. The van der Waals surface area contributed by atoms with Crippen molar-refractivity contribution in [2.75, 3.05) is 0 Å². The minimum atomic E-state index is 0.293. The fraction of sp³-hybridized carbons (Fsp3) is 0.250. The molecule has 14 heavy (non-hydrogen) atoms. The second kappa shape index (κ2) is 3.79. The minimum absolute atomic E-state index is 0.293. The molecular formula is C8H7N4S2+. The zero-order valence-corrected chi connectivity index (χ0v) is 9.36. The highest BCUT2D eigenvalue weighted by molar-refractivity contribution is 8.11. The van der Waals surface area contributed by atoms with Gasteiger partial charge in [-0.2, -0.15) is 10.5 Å². The van der Waals surface area contributed by atoms with E-state index in [1.165, 1.54) is 0 Å². The van der Waals surface area contributed by atoms with Crippen molar-refractivity contribution in [2.24, 2.45) is 14.1 Å². The first-order valence-electron chi connectivity index (χ1n) is 3.66. The van der Waals surface area contributed by atoms with Gasteiger partial charge in [-0.05, 0) is 0 Å². The third kappa shape index (κ3) is 1.39. The second-order valence-electron chi connectivity index (χ2n) is 2.67. The molecule has 1 rings (SSSR count). The molecule has 0 spiro atoms. The van der Waals surface area contributed by atoms with Crippen molar-refractivity contribution in [3.63, 3.8) is 0 Å². The van der Waals surface area contributed by atoms with Crippen molar-refractivity contribution in [1.82, 2.24) is 4.57 Å². The molecule has 0 aliphatic rings. The number of hydrogen-bond acceptors (Lipinski definition) is 3. The molecule has 70 valence electrons. The van der Waals surface area contributed by atoms with Gasteiger partial charge < -0.3 is 0 Å². The third-order valence-corrected chi connectivity index (χ3v) is 2.32. The van der Waals surface area contributed by atoms with Crippen LogP contribution in [0.1, 0.15) is 17.2 Å². The summed E-state index contributed by atoms with van der Waals surface area (Å²) in [4.78, 5) is 0. The Morgan fingerprint density at radius 3 is 2.36 bits per heavy atom. The van der Waals surface area contributed by atoms with Crippen LogP contribution in [0.4, 0.5) is 0 Å². The van der Waals surface area contributed by atoms with E-state index in [0.29, 0.717) is 21.4 Å². The number of nitriles is 2. The molecule has 0 unspecified atom stereocenters. The zero-order valence-electron chi connectivity index (χ0n) is 7.64. The lowest BCUT2D eigenvalue weighted by atomic mass is 10.3. The van der Waals surface area contributed by atoms with Crippen LogP contribution in [0.3, 0.4) is 0 Å². The molecule has 0 saturated carbocycles. The van der Waals surface area contributed by atoms with Crippen LogP contribution in [-0.2, 0) is 14.1 Å². The predicted octanol–water partition coefficient (Wildman–Crippen LogP) is 0.198. The van der Waals surface area contributed by atoms with E-state index in [-0.39, 0.29) is 0 Å². The first kappa shape index (κ1) is 10.7. The van der Waals surface area contributed by atoms with Gasteiger partial charge in [-0.25, -0.2) is 9.13 Å². The fourth-order valence-corrected chi connectivity index (χ4v) is 1.87. The first-order valence-corrected chi connectivity index (χ1v) is 4.52. The fourth-order valence-electron chi connectivity index (χ4n) is 1.30. The Kier molecular flexibility index (Phi) is 2.90. The standard InChI is InChI=1S/C8H6N4S2/c1-11-5(3-9)6(4-10)12(2)7(11)8(13)14/h1-2H3/p+1. The van der Waals surface area contributed by atoms with Gasteiger partial charge in [-0.15, -0.1) is 12.6 Å². The highest BCUT2D eigenvalue weighted by Crippen LogP contribution is 2.08. The summed E-state index contributed by atoms with van der Waals surface area (Å²) in [6.45, 7) is 0. The summed E-state index contributed by atoms with van der Waals surface area (Å²) in [7, 11) is 3.36. The van der Waals surface area contributed by atoms with Crippen LogP contribution in [0.25, 0.3) is 0 Å². The molecule has 0 N–H and O–H groups in total. The lowest BCUT2D eigenvalue weighted by molar-refractivity contribution is -0.674. The molecule has 0 amide bonds. The van der Waals surface area contributed by atoms with E-state index in [2.05, 4.69) is 12.6 Å². The molecule has 1 aromatic rings. The molecule has 0 fully saturated rings. The summed E-state index contributed by atoms with van der Waals surface area (Å²) in [6, 6.07) is 3.91. The van der Waals surface area contributed by atoms with Crippen molar-refractivity contribution in [3.05, 3.63) is 17.2 Å². The molecular weight excluding hydrogens is 216 g/mol. The molecule has 1 aromatic heterocycles. The normalized spacial score (nSPS) is 9.21. The number of nitrogens with zero attached hydrogens (tertiary/aromatic N) is 4. The van der Waals surface area contributed by atoms with E-state index in [1.54, 1.807) is 23.2 Å². The maximum absolute atomic E-state index is 8.85. The Bertz CT molecular complexity index is 449. The quantitative estimate of drug-likeness (QED) is 0.420. The third-order valence-electron chi connectivity index (χ3n) is 1.93. The SMILES string of the molecule is Cn1c(C#N)c(C#N)[n+](C)c1C(=S)S. The number of aromatic nitrogens is 2. The lowest BCUT2D eigenvalue weighted by Crippen LogP contribution is -2.36. The molecule has 4 nitrogen and oxygen atoms in total. The van der Waals surface area contributed by atoms with Crippen molar-refractivity contribution >= 4 is 29.0 Å². The number of thiocarbonyl (C=S) groups is 1. The van der Waals surface area contributed by atoms with E-state index in [9.17, 15) is 0 Å². The van der Waals surface area contributed by atoms with Crippen LogP contribution in [0.15, 0.2) is 0 Å². The van der Waals surface area contributed by atoms with Crippen LogP contribution in [0.2, 0.25) is 0 Å². The number of imidazole rings is 1. The van der Waals surface area contributed by atoms with E-state index >= 15 is 0 Å².